The lowest BCUT2D eigenvalue weighted by Gasteiger charge is -2.05. The number of aliphatic hydroxyl groups is 1. The highest BCUT2D eigenvalue weighted by Gasteiger charge is 2.06. The smallest absolute Gasteiger partial charge is 0.232 e. The summed E-state index contributed by atoms with van der Waals surface area (Å²) in [6.07, 6.45) is 2.13. The van der Waals surface area contributed by atoms with Crippen molar-refractivity contribution in [1.29, 1.82) is 0 Å². The number of methoxy groups -OCH3 is 1. The van der Waals surface area contributed by atoms with E-state index in [1.54, 1.807) is 12.3 Å². The standard InChI is InChI=1S/C8H10ClNO2/c1-12-8-7(9)6(3-5-11)2-4-10-8/h2,4,11H,3,5H2,1H3. The van der Waals surface area contributed by atoms with Crippen molar-refractivity contribution in [3.05, 3.63) is 22.8 Å². The molecule has 1 rings (SSSR count). The highest BCUT2D eigenvalue weighted by molar-refractivity contribution is 6.32. The number of rotatable bonds is 3. The highest BCUT2D eigenvalue weighted by atomic mass is 35.5. The number of nitrogens with zero attached hydrogens (tertiary/aromatic N) is 1. The van der Waals surface area contributed by atoms with Gasteiger partial charge >= 0.3 is 0 Å². The Morgan fingerprint density at radius 2 is 2.42 bits per heavy atom. The number of ether oxygens (including phenoxy) is 1. The summed E-state index contributed by atoms with van der Waals surface area (Å²) in [6, 6.07) is 1.76. The van der Waals surface area contributed by atoms with E-state index in [1.165, 1.54) is 7.11 Å². The van der Waals surface area contributed by atoms with Crippen LogP contribution >= 0.6 is 11.6 Å². The van der Waals surface area contributed by atoms with Crippen LogP contribution in [-0.4, -0.2) is 23.8 Å². The SMILES string of the molecule is COc1nccc(CCO)c1Cl. The minimum Gasteiger partial charge on any atom is -0.480 e. The Hall–Kier alpha value is -0.800. The van der Waals surface area contributed by atoms with Crippen LogP contribution in [0.5, 0.6) is 5.88 Å². The quantitative estimate of drug-likeness (QED) is 0.775. The van der Waals surface area contributed by atoms with Crippen LogP contribution in [0.1, 0.15) is 5.56 Å². The van der Waals surface area contributed by atoms with Crippen LogP contribution in [0.3, 0.4) is 0 Å². The molecular weight excluding hydrogens is 178 g/mol. The van der Waals surface area contributed by atoms with Gasteiger partial charge in [-0.2, -0.15) is 0 Å². The summed E-state index contributed by atoms with van der Waals surface area (Å²) in [4.78, 5) is 3.90. The Balaban J connectivity index is 2.97. The van der Waals surface area contributed by atoms with Gasteiger partial charge < -0.3 is 9.84 Å². The summed E-state index contributed by atoms with van der Waals surface area (Å²) in [5, 5.41) is 9.17. The zero-order valence-electron chi connectivity index (χ0n) is 6.75. The molecule has 0 spiro atoms. The van der Waals surface area contributed by atoms with E-state index in [0.717, 1.165) is 5.56 Å². The lowest BCUT2D eigenvalue weighted by atomic mass is 10.2. The van der Waals surface area contributed by atoms with E-state index >= 15 is 0 Å². The third kappa shape index (κ3) is 1.87. The monoisotopic (exact) mass is 187 g/mol. The van der Waals surface area contributed by atoms with Gasteiger partial charge in [0.25, 0.3) is 0 Å². The molecule has 0 aliphatic heterocycles. The molecule has 3 nitrogen and oxygen atoms in total. The first kappa shape index (κ1) is 9.29. The van der Waals surface area contributed by atoms with E-state index in [4.69, 9.17) is 21.4 Å². The van der Waals surface area contributed by atoms with Crippen molar-refractivity contribution in [2.75, 3.05) is 13.7 Å². The predicted octanol–water partition coefficient (Wildman–Crippen LogP) is 1.28. The first-order valence-corrected chi connectivity index (χ1v) is 3.95. The first-order valence-electron chi connectivity index (χ1n) is 3.57. The Labute approximate surface area is 76.0 Å². The first-order chi connectivity index (χ1) is 5.79. The fourth-order valence-corrected chi connectivity index (χ4v) is 1.20. The van der Waals surface area contributed by atoms with Crippen LogP contribution in [0.25, 0.3) is 0 Å². The van der Waals surface area contributed by atoms with Crippen LogP contribution in [0.15, 0.2) is 12.3 Å². The van der Waals surface area contributed by atoms with Crippen molar-refractivity contribution in [2.24, 2.45) is 0 Å². The molecule has 0 radical (unpaired) electrons. The van der Waals surface area contributed by atoms with Gasteiger partial charge in [-0.05, 0) is 18.1 Å². The Bertz CT molecular complexity index is 265. The molecule has 1 heterocycles. The van der Waals surface area contributed by atoms with Crippen molar-refractivity contribution in [1.82, 2.24) is 4.98 Å². The van der Waals surface area contributed by atoms with Crippen molar-refractivity contribution in [3.63, 3.8) is 0 Å². The van der Waals surface area contributed by atoms with Gasteiger partial charge in [-0.3, -0.25) is 0 Å². The van der Waals surface area contributed by atoms with Crippen molar-refractivity contribution in [3.8, 4) is 5.88 Å². The molecular formula is C8H10ClNO2. The zero-order valence-corrected chi connectivity index (χ0v) is 7.51. The fourth-order valence-electron chi connectivity index (χ4n) is 0.918. The molecule has 0 aliphatic carbocycles. The second-order valence-electron chi connectivity index (χ2n) is 2.27. The molecule has 0 aliphatic rings. The molecule has 0 saturated heterocycles. The number of aromatic nitrogens is 1. The second-order valence-corrected chi connectivity index (χ2v) is 2.64. The molecule has 12 heavy (non-hydrogen) atoms. The number of halogens is 1. The van der Waals surface area contributed by atoms with Crippen LogP contribution in [0.2, 0.25) is 5.02 Å². The fraction of sp³-hybridized carbons (Fsp3) is 0.375. The molecule has 0 bridgehead atoms. The third-order valence-corrected chi connectivity index (χ3v) is 1.92. The minimum absolute atomic E-state index is 0.0763. The minimum atomic E-state index is 0.0763. The Morgan fingerprint density at radius 3 is 3.00 bits per heavy atom. The van der Waals surface area contributed by atoms with Gasteiger partial charge in [-0.15, -0.1) is 0 Å². The maximum Gasteiger partial charge on any atom is 0.232 e. The highest BCUT2D eigenvalue weighted by Crippen LogP contribution is 2.25. The summed E-state index contributed by atoms with van der Waals surface area (Å²) < 4.78 is 4.91. The number of hydrogen-bond acceptors (Lipinski definition) is 3. The van der Waals surface area contributed by atoms with Gasteiger partial charge in [0, 0.05) is 12.8 Å². The van der Waals surface area contributed by atoms with Gasteiger partial charge in [0.1, 0.15) is 5.02 Å². The summed E-state index contributed by atoms with van der Waals surface area (Å²) in [5.74, 6) is 0.405. The summed E-state index contributed by atoms with van der Waals surface area (Å²) in [5.41, 5.74) is 0.853. The van der Waals surface area contributed by atoms with Gasteiger partial charge in [0.15, 0.2) is 0 Å². The van der Waals surface area contributed by atoms with E-state index < -0.39 is 0 Å². The van der Waals surface area contributed by atoms with Gasteiger partial charge in [-0.1, -0.05) is 11.6 Å². The average Bonchev–Trinajstić information content (AvgIpc) is 2.09. The van der Waals surface area contributed by atoms with Crippen LogP contribution in [-0.2, 0) is 6.42 Å². The van der Waals surface area contributed by atoms with Crippen LogP contribution < -0.4 is 4.74 Å². The molecule has 66 valence electrons. The largest absolute Gasteiger partial charge is 0.480 e. The predicted molar refractivity (Wildman–Crippen MR) is 46.6 cm³/mol. The van der Waals surface area contributed by atoms with Crippen LogP contribution in [0, 0.1) is 0 Å². The molecule has 0 fully saturated rings. The molecule has 0 amide bonds. The van der Waals surface area contributed by atoms with Gasteiger partial charge in [0.05, 0.1) is 7.11 Å². The maximum absolute atomic E-state index is 8.69. The van der Waals surface area contributed by atoms with Gasteiger partial charge in [-0.25, -0.2) is 4.98 Å². The van der Waals surface area contributed by atoms with E-state index in [-0.39, 0.29) is 6.61 Å². The molecule has 1 aromatic heterocycles. The topological polar surface area (TPSA) is 42.4 Å². The van der Waals surface area contributed by atoms with Crippen molar-refractivity contribution >= 4 is 11.6 Å². The molecule has 1 N–H and O–H groups in total. The summed E-state index contributed by atoms with van der Waals surface area (Å²) in [6.45, 7) is 0.0763. The molecule has 0 unspecified atom stereocenters. The molecule has 0 saturated carbocycles. The Kier molecular flexibility index (Phi) is 3.31. The normalized spacial score (nSPS) is 9.92. The lowest BCUT2D eigenvalue weighted by Crippen LogP contribution is -1.95. The lowest BCUT2D eigenvalue weighted by molar-refractivity contribution is 0.299. The van der Waals surface area contributed by atoms with Crippen LogP contribution in [0.4, 0.5) is 0 Å². The molecule has 1 aromatic rings. The number of aliphatic hydroxyl groups excluding tert-OH is 1. The molecule has 4 heteroatoms. The third-order valence-electron chi connectivity index (χ3n) is 1.51. The zero-order chi connectivity index (χ0) is 8.97. The second kappa shape index (κ2) is 4.28. The van der Waals surface area contributed by atoms with Crippen molar-refractivity contribution < 1.29 is 9.84 Å². The molecule has 0 atom stereocenters. The summed E-state index contributed by atoms with van der Waals surface area (Å²) in [7, 11) is 1.51. The average molecular weight is 188 g/mol. The van der Waals surface area contributed by atoms with E-state index in [2.05, 4.69) is 4.98 Å². The molecule has 0 aromatic carbocycles. The maximum atomic E-state index is 8.69. The number of hydrogen-bond donors (Lipinski definition) is 1. The van der Waals surface area contributed by atoms with Crippen molar-refractivity contribution in [2.45, 2.75) is 6.42 Å². The van der Waals surface area contributed by atoms with Gasteiger partial charge in [0.2, 0.25) is 5.88 Å². The van der Waals surface area contributed by atoms with E-state index in [9.17, 15) is 0 Å². The van der Waals surface area contributed by atoms with E-state index in [0.29, 0.717) is 17.3 Å². The number of pyridine rings is 1. The summed E-state index contributed by atoms with van der Waals surface area (Å²) >= 11 is 5.89. The Morgan fingerprint density at radius 1 is 1.67 bits per heavy atom. The van der Waals surface area contributed by atoms with E-state index in [1.807, 2.05) is 0 Å².